The van der Waals surface area contributed by atoms with E-state index in [-0.39, 0.29) is 12.3 Å². The molecule has 1 saturated heterocycles. The van der Waals surface area contributed by atoms with Crippen molar-refractivity contribution in [3.63, 3.8) is 0 Å². The minimum Gasteiger partial charge on any atom is -0.480 e. The van der Waals surface area contributed by atoms with Gasteiger partial charge in [-0.1, -0.05) is 40.0 Å². The fraction of sp³-hybridized carbons (Fsp3) is 0.789. The Morgan fingerprint density at radius 1 is 1.18 bits per heavy atom. The number of rotatable bonds is 11. The molecular formula is C19H33N3O6. The fourth-order valence-corrected chi connectivity index (χ4v) is 3.49. The Bertz CT molecular complexity index is 566. The lowest BCUT2D eigenvalue weighted by Crippen LogP contribution is -2.54. The summed E-state index contributed by atoms with van der Waals surface area (Å²) in [6.07, 6.45) is 3.92. The second-order valence-corrected chi connectivity index (χ2v) is 7.69. The van der Waals surface area contributed by atoms with Crippen LogP contribution >= 0.6 is 0 Å². The van der Waals surface area contributed by atoms with Gasteiger partial charge in [0.15, 0.2) is 0 Å². The molecule has 9 nitrogen and oxygen atoms in total. The maximum Gasteiger partial charge on any atom is 0.326 e. The number of carboxylic acid groups (broad SMARTS) is 1. The summed E-state index contributed by atoms with van der Waals surface area (Å²) in [4.78, 5) is 50.0. The monoisotopic (exact) mass is 399 g/mol. The molecule has 0 aromatic rings. The first-order chi connectivity index (χ1) is 13.2. The first kappa shape index (κ1) is 23.9. The van der Waals surface area contributed by atoms with E-state index in [4.69, 9.17) is 5.21 Å². The Labute approximate surface area is 165 Å². The summed E-state index contributed by atoms with van der Waals surface area (Å²) in [5, 5.41) is 20.8. The van der Waals surface area contributed by atoms with Crippen LogP contribution in [0.3, 0.4) is 0 Å². The largest absolute Gasteiger partial charge is 0.480 e. The van der Waals surface area contributed by atoms with E-state index in [9.17, 15) is 24.3 Å². The maximum atomic E-state index is 12.9. The molecule has 1 rings (SSSR count). The smallest absolute Gasteiger partial charge is 0.326 e. The van der Waals surface area contributed by atoms with Crippen molar-refractivity contribution in [2.75, 3.05) is 6.54 Å². The molecule has 0 aromatic carbocycles. The molecular weight excluding hydrogens is 366 g/mol. The predicted octanol–water partition coefficient (Wildman–Crippen LogP) is 1.29. The summed E-state index contributed by atoms with van der Waals surface area (Å²) >= 11 is 0. The van der Waals surface area contributed by atoms with E-state index in [0.717, 1.165) is 19.3 Å². The van der Waals surface area contributed by atoms with Gasteiger partial charge in [-0.25, -0.2) is 10.3 Å². The SMILES string of the molecule is CCCCC[C@H](CC(=O)NO)C(=O)N[C@H](C(=O)N1CCC[C@H]1C(=O)O)C(C)C. The highest BCUT2D eigenvalue weighted by Crippen LogP contribution is 2.21. The average molecular weight is 399 g/mol. The molecule has 0 aromatic heterocycles. The summed E-state index contributed by atoms with van der Waals surface area (Å²) < 4.78 is 0. The molecule has 3 atom stereocenters. The number of unbranched alkanes of at least 4 members (excludes halogenated alkanes) is 2. The number of carbonyl (C=O) groups is 4. The van der Waals surface area contributed by atoms with Crippen LogP contribution in [0.2, 0.25) is 0 Å². The van der Waals surface area contributed by atoms with Gasteiger partial charge < -0.3 is 15.3 Å². The van der Waals surface area contributed by atoms with Crippen LogP contribution in [0.5, 0.6) is 0 Å². The van der Waals surface area contributed by atoms with Gasteiger partial charge in [0.05, 0.1) is 0 Å². The van der Waals surface area contributed by atoms with Crippen molar-refractivity contribution in [3.8, 4) is 0 Å². The lowest BCUT2D eigenvalue weighted by Gasteiger charge is -2.30. The number of likely N-dealkylation sites (tertiary alicyclic amines) is 1. The Balaban J connectivity index is 2.88. The summed E-state index contributed by atoms with van der Waals surface area (Å²) in [5.41, 5.74) is 1.54. The van der Waals surface area contributed by atoms with Crippen molar-refractivity contribution in [1.82, 2.24) is 15.7 Å². The third kappa shape index (κ3) is 6.78. The number of amides is 3. The van der Waals surface area contributed by atoms with Crippen molar-refractivity contribution < 1.29 is 29.5 Å². The summed E-state index contributed by atoms with van der Waals surface area (Å²) in [6.45, 7) is 5.93. The van der Waals surface area contributed by atoms with Crippen LogP contribution in [0, 0.1) is 11.8 Å². The molecule has 0 radical (unpaired) electrons. The third-order valence-corrected chi connectivity index (χ3v) is 5.13. The van der Waals surface area contributed by atoms with Crippen molar-refractivity contribution >= 4 is 23.7 Å². The van der Waals surface area contributed by atoms with Gasteiger partial charge in [-0.15, -0.1) is 0 Å². The van der Waals surface area contributed by atoms with Gasteiger partial charge in [0.25, 0.3) is 0 Å². The summed E-state index contributed by atoms with van der Waals surface area (Å²) in [7, 11) is 0. The summed E-state index contributed by atoms with van der Waals surface area (Å²) in [6, 6.07) is -1.73. The van der Waals surface area contributed by atoms with Gasteiger partial charge in [0.1, 0.15) is 12.1 Å². The van der Waals surface area contributed by atoms with E-state index in [2.05, 4.69) is 5.32 Å². The Hall–Kier alpha value is -2.16. The van der Waals surface area contributed by atoms with Crippen LogP contribution in [-0.2, 0) is 19.2 Å². The van der Waals surface area contributed by atoms with Crippen LogP contribution in [0.25, 0.3) is 0 Å². The highest BCUT2D eigenvalue weighted by atomic mass is 16.5. The zero-order valence-electron chi connectivity index (χ0n) is 16.9. The van der Waals surface area contributed by atoms with Crippen molar-refractivity contribution in [2.45, 2.75) is 77.8 Å². The van der Waals surface area contributed by atoms with Crippen molar-refractivity contribution in [2.24, 2.45) is 11.8 Å². The standard InChI is InChI=1S/C19H33N3O6/c1-4-5-6-8-13(11-15(23)21-28)17(24)20-16(12(2)3)18(25)22-10-7-9-14(22)19(26)27/h12-14,16,28H,4-11H2,1-3H3,(H,20,24)(H,21,23)(H,26,27)/t13-,14+,16+/m1/s1. The molecule has 0 unspecified atom stereocenters. The average Bonchev–Trinajstić information content (AvgIpc) is 3.14. The minimum absolute atomic E-state index is 0.174. The first-order valence-electron chi connectivity index (χ1n) is 9.99. The third-order valence-electron chi connectivity index (χ3n) is 5.13. The molecule has 1 aliphatic rings. The molecule has 0 saturated carbocycles. The number of hydrogen-bond donors (Lipinski definition) is 4. The van der Waals surface area contributed by atoms with Gasteiger partial charge in [0.2, 0.25) is 17.7 Å². The number of carboxylic acids is 1. The second-order valence-electron chi connectivity index (χ2n) is 7.69. The number of nitrogens with one attached hydrogen (secondary N) is 2. The Morgan fingerprint density at radius 2 is 1.86 bits per heavy atom. The molecule has 1 fully saturated rings. The van der Waals surface area contributed by atoms with Crippen molar-refractivity contribution in [3.05, 3.63) is 0 Å². The van der Waals surface area contributed by atoms with Gasteiger partial charge >= 0.3 is 5.97 Å². The van der Waals surface area contributed by atoms with E-state index in [1.165, 1.54) is 4.90 Å². The number of nitrogens with zero attached hydrogens (tertiary/aromatic N) is 1. The zero-order chi connectivity index (χ0) is 21.3. The zero-order valence-corrected chi connectivity index (χ0v) is 16.9. The van der Waals surface area contributed by atoms with Gasteiger partial charge in [-0.3, -0.25) is 19.6 Å². The number of carbonyl (C=O) groups excluding carboxylic acids is 3. The number of aliphatic carboxylic acids is 1. The van der Waals surface area contributed by atoms with E-state index in [1.54, 1.807) is 19.3 Å². The molecule has 4 N–H and O–H groups in total. The molecule has 28 heavy (non-hydrogen) atoms. The van der Waals surface area contributed by atoms with E-state index < -0.39 is 41.7 Å². The van der Waals surface area contributed by atoms with Gasteiger partial charge in [-0.05, 0) is 25.2 Å². The highest BCUT2D eigenvalue weighted by Gasteiger charge is 2.39. The van der Waals surface area contributed by atoms with E-state index >= 15 is 0 Å². The Morgan fingerprint density at radius 3 is 2.39 bits per heavy atom. The number of hydrogen-bond acceptors (Lipinski definition) is 5. The molecule has 9 heteroatoms. The van der Waals surface area contributed by atoms with Crippen LogP contribution in [-0.4, -0.2) is 57.5 Å². The van der Waals surface area contributed by atoms with E-state index in [1.807, 2.05) is 6.92 Å². The van der Waals surface area contributed by atoms with Crippen LogP contribution < -0.4 is 10.8 Å². The van der Waals surface area contributed by atoms with E-state index in [0.29, 0.717) is 25.8 Å². The topological polar surface area (TPSA) is 136 Å². The molecule has 0 bridgehead atoms. The fourth-order valence-electron chi connectivity index (χ4n) is 3.49. The lowest BCUT2D eigenvalue weighted by molar-refractivity contribution is -0.150. The minimum atomic E-state index is -1.04. The molecule has 160 valence electrons. The van der Waals surface area contributed by atoms with Crippen LogP contribution in [0.4, 0.5) is 0 Å². The lowest BCUT2D eigenvalue weighted by atomic mass is 9.94. The number of hydroxylamine groups is 1. The van der Waals surface area contributed by atoms with Gasteiger partial charge in [0, 0.05) is 18.9 Å². The molecule has 0 aliphatic carbocycles. The maximum absolute atomic E-state index is 12.9. The molecule has 0 spiro atoms. The Kier molecular flexibility index (Phi) is 9.92. The highest BCUT2D eigenvalue weighted by molar-refractivity contribution is 5.92. The molecule has 1 heterocycles. The second kappa shape index (κ2) is 11.6. The predicted molar refractivity (Wildman–Crippen MR) is 101 cm³/mol. The normalized spacial score (nSPS) is 18.6. The summed E-state index contributed by atoms with van der Waals surface area (Å²) in [5.74, 6) is -3.45. The van der Waals surface area contributed by atoms with Crippen LogP contribution in [0.1, 0.15) is 65.7 Å². The van der Waals surface area contributed by atoms with Crippen LogP contribution in [0.15, 0.2) is 0 Å². The quantitative estimate of drug-likeness (QED) is 0.235. The first-order valence-corrected chi connectivity index (χ1v) is 9.99. The van der Waals surface area contributed by atoms with Crippen molar-refractivity contribution in [1.29, 1.82) is 0 Å². The molecule has 1 aliphatic heterocycles. The van der Waals surface area contributed by atoms with Gasteiger partial charge in [-0.2, -0.15) is 0 Å². The molecule has 3 amide bonds.